The number of halogens is 1. The number of hydrogen-bond donors (Lipinski definition) is 1. The van der Waals surface area contributed by atoms with Crippen LogP contribution in [0.4, 0.5) is 0 Å². The Kier molecular flexibility index (Phi) is 3.14. The highest BCUT2D eigenvalue weighted by atomic mass is 79.9. The minimum Gasteiger partial charge on any atom is -0.346 e. The summed E-state index contributed by atoms with van der Waals surface area (Å²) in [4.78, 5) is 25.7. The summed E-state index contributed by atoms with van der Waals surface area (Å²) < 4.78 is 1.00. The van der Waals surface area contributed by atoms with Crippen molar-refractivity contribution in [2.75, 3.05) is 0 Å². The molecule has 1 atom stereocenters. The van der Waals surface area contributed by atoms with E-state index in [-0.39, 0.29) is 17.9 Å². The van der Waals surface area contributed by atoms with Crippen molar-refractivity contribution in [2.24, 2.45) is 0 Å². The van der Waals surface area contributed by atoms with Gasteiger partial charge < -0.3 is 4.90 Å². The molecule has 1 unspecified atom stereocenters. The van der Waals surface area contributed by atoms with E-state index in [1.54, 1.807) is 0 Å². The van der Waals surface area contributed by atoms with Crippen molar-refractivity contribution in [1.29, 1.82) is 0 Å². The third kappa shape index (κ3) is 2.08. The van der Waals surface area contributed by atoms with Crippen molar-refractivity contribution in [1.82, 2.24) is 10.2 Å². The van der Waals surface area contributed by atoms with Gasteiger partial charge in [-0.3, -0.25) is 14.9 Å². The first-order valence-corrected chi connectivity index (χ1v) is 7.20. The second-order valence-corrected chi connectivity index (χ2v) is 5.91. The maximum absolute atomic E-state index is 11.9. The van der Waals surface area contributed by atoms with E-state index in [0.717, 1.165) is 15.6 Å². The zero-order chi connectivity index (χ0) is 13.6. The molecule has 2 aliphatic heterocycles. The lowest BCUT2D eigenvalue weighted by Crippen LogP contribution is -2.52. The standard InChI is InChI=1S/C13H11BrN2O2S/c14-9-3-1-2-7-8(9)6-16(13(7)19)10-4-5-11(17)15-12(10)18/h1-3,10H,4-6H2,(H,15,17,18). The molecule has 0 aliphatic carbocycles. The zero-order valence-electron chi connectivity index (χ0n) is 9.98. The highest BCUT2D eigenvalue weighted by Crippen LogP contribution is 2.32. The van der Waals surface area contributed by atoms with Crippen LogP contribution in [0.2, 0.25) is 0 Å². The van der Waals surface area contributed by atoms with Gasteiger partial charge in [0.25, 0.3) is 0 Å². The van der Waals surface area contributed by atoms with E-state index < -0.39 is 0 Å². The smallest absolute Gasteiger partial charge is 0.249 e. The minimum absolute atomic E-state index is 0.204. The van der Waals surface area contributed by atoms with Gasteiger partial charge in [0.15, 0.2) is 0 Å². The number of nitrogens with one attached hydrogen (secondary N) is 1. The van der Waals surface area contributed by atoms with Crippen LogP contribution in [0, 0.1) is 0 Å². The van der Waals surface area contributed by atoms with Crippen molar-refractivity contribution >= 4 is 45.0 Å². The van der Waals surface area contributed by atoms with Crippen molar-refractivity contribution in [3.05, 3.63) is 33.8 Å². The van der Waals surface area contributed by atoms with Crippen molar-refractivity contribution in [3.8, 4) is 0 Å². The van der Waals surface area contributed by atoms with Crippen LogP contribution in [0.25, 0.3) is 0 Å². The van der Waals surface area contributed by atoms with Gasteiger partial charge in [-0.15, -0.1) is 0 Å². The number of thiocarbonyl (C=S) groups is 1. The van der Waals surface area contributed by atoms with Crippen molar-refractivity contribution < 1.29 is 9.59 Å². The normalized spacial score (nSPS) is 22.5. The molecule has 1 aromatic rings. The first-order valence-electron chi connectivity index (χ1n) is 6.00. The van der Waals surface area contributed by atoms with Gasteiger partial charge in [0.05, 0.1) is 0 Å². The molecule has 1 fully saturated rings. The molecular weight excluding hydrogens is 328 g/mol. The fraction of sp³-hybridized carbons (Fsp3) is 0.308. The third-order valence-electron chi connectivity index (χ3n) is 3.52. The van der Waals surface area contributed by atoms with Gasteiger partial charge in [-0.1, -0.05) is 40.3 Å². The van der Waals surface area contributed by atoms with Crippen LogP contribution < -0.4 is 5.32 Å². The van der Waals surface area contributed by atoms with E-state index in [0.29, 0.717) is 24.4 Å². The zero-order valence-corrected chi connectivity index (χ0v) is 12.4. The summed E-state index contributed by atoms with van der Waals surface area (Å²) in [5.74, 6) is -0.451. The second kappa shape index (κ2) is 4.68. The Morgan fingerprint density at radius 1 is 1.37 bits per heavy atom. The molecule has 1 N–H and O–H groups in total. The Balaban J connectivity index is 1.90. The van der Waals surface area contributed by atoms with E-state index >= 15 is 0 Å². The number of nitrogens with zero attached hydrogens (tertiary/aromatic N) is 1. The van der Waals surface area contributed by atoms with Gasteiger partial charge in [0.2, 0.25) is 11.8 Å². The Morgan fingerprint density at radius 3 is 2.84 bits per heavy atom. The summed E-state index contributed by atoms with van der Waals surface area (Å²) in [6.45, 7) is 0.613. The molecule has 1 saturated heterocycles. The Labute approximate surface area is 124 Å². The molecule has 2 aliphatic rings. The van der Waals surface area contributed by atoms with Crippen LogP contribution in [0.5, 0.6) is 0 Å². The summed E-state index contributed by atoms with van der Waals surface area (Å²) >= 11 is 8.97. The summed E-state index contributed by atoms with van der Waals surface area (Å²) in [6, 6.07) is 5.52. The van der Waals surface area contributed by atoms with Gasteiger partial charge in [-0.25, -0.2) is 0 Å². The lowest BCUT2D eigenvalue weighted by molar-refractivity contribution is -0.136. The molecule has 0 radical (unpaired) electrons. The number of imide groups is 1. The first kappa shape index (κ1) is 12.7. The SMILES string of the molecule is O=C1CCC(N2Cc3c(Br)cccc3C2=S)C(=O)N1. The molecule has 0 spiro atoms. The molecule has 1 aromatic carbocycles. The monoisotopic (exact) mass is 338 g/mol. The van der Waals surface area contributed by atoms with Crippen molar-refractivity contribution in [2.45, 2.75) is 25.4 Å². The molecule has 3 rings (SSSR count). The Bertz CT molecular complexity index is 602. The van der Waals surface area contributed by atoms with E-state index in [2.05, 4.69) is 21.2 Å². The van der Waals surface area contributed by atoms with Crippen LogP contribution in [0.3, 0.4) is 0 Å². The molecule has 4 nitrogen and oxygen atoms in total. The maximum atomic E-state index is 11.9. The molecule has 6 heteroatoms. The summed E-state index contributed by atoms with van der Waals surface area (Å²) in [6.07, 6.45) is 0.892. The average Bonchev–Trinajstić information content (AvgIpc) is 2.69. The lowest BCUT2D eigenvalue weighted by atomic mass is 10.0. The molecule has 2 heterocycles. The van der Waals surface area contributed by atoms with E-state index in [1.165, 1.54) is 0 Å². The molecular formula is C13H11BrN2O2S. The topological polar surface area (TPSA) is 49.4 Å². The highest BCUT2D eigenvalue weighted by Gasteiger charge is 2.37. The number of hydrogen-bond acceptors (Lipinski definition) is 3. The quantitative estimate of drug-likeness (QED) is 0.626. The number of rotatable bonds is 1. The van der Waals surface area contributed by atoms with Crippen LogP contribution in [-0.2, 0) is 16.1 Å². The Hall–Kier alpha value is -1.27. The van der Waals surface area contributed by atoms with Crippen LogP contribution in [0.1, 0.15) is 24.0 Å². The predicted molar refractivity (Wildman–Crippen MR) is 77.6 cm³/mol. The number of amides is 2. The number of piperidine rings is 1. The first-order chi connectivity index (χ1) is 9.08. The van der Waals surface area contributed by atoms with Crippen molar-refractivity contribution in [3.63, 3.8) is 0 Å². The minimum atomic E-state index is -0.343. The van der Waals surface area contributed by atoms with Gasteiger partial charge in [0.1, 0.15) is 11.0 Å². The lowest BCUT2D eigenvalue weighted by Gasteiger charge is -2.30. The fourth-order valence-corrected chi connectivity index (χ4v) is 3.42. The largest absolute Gasteiger partial charge is 0.346 e. The van der Waals surface area contributed by atoms with Crippen LogP contribution >= 0.6 is 28.1 Å². The van der Waals surface area contributed by atoms with Gasteiger partial charge in [-0.2, -0.15) is 0 Å². The summed E-state index contributed by atoms with van der Waals surface area (Å²) in [7, 11) is 0. The Morgan fingerprint density at radius 2 is 2.16 bits per heavy atom. The summed E-state index contributed by atoms with van der Waals surface area (Å²) in [5.41, 5.74) is 2.10. The molecule has 0 aromatic heterocycles. The average molecular weight is 339 g/mol. The van der Waals surface area contributed by atoms with E-state index in [4.69, 9.17) is 12.2 Å². The highest BCUT2D eigenvalue weighted by molar-refractivity contribution is 9.10. The molecule has 0 saturated carbocycles. The fourth-order valence-electron chi connectivity index (χ4n) is 2.55. The third-order valence-corrected chi connectivity index (χ3v) is 4.72. The molecule has 2 amide bonds. The van der Waals surface area contributed by atoms with Gasteiger partial charge >= 0.3 is 0 Å². The molecule has 19 heavy (non-hydrogen) atoms. The predicted octanol–water partition coefficient (Wildman–Crippen LogP) is 1.75. The maximum Gasteiger partial charge on any atom is 0.249 e. The number of fused-ring (bicyclic) bond motifs is 1. The van der Waals surface area contributed by atoms with Crippen LogP contribution in [0.15, 0.2) is 22.7 Å². The number of carbonyl (C=O) groups excluding carboxylic acids is 2. The van der Waals surface area contributed by atoms with E-state index in [1.807, 2.05) is 23.1 Å². The molecule has 98 valence electrons. The van der Waals surface area contributed by atoms with E-state index in [9.17, 15) is 9.59 Å². The van der Waals surface area contributed by atoms with Crippen LogP contribution in [-0.4, -0.2) is 27.7 Å². The number of carbonyl (C=O) groups is 2. The van der Waals surface area contributed by atoms with Gasteiger partial charge in [0, 0.05) is 23.0 Å². The molecule has 0 bridgehead atoms. The number of benzene rings is 1. The summed E-state index contributed by atoms with van der Waals surface area (Å²) in [5, 5.41) is 2.38. The second-order valence-electron chi connectivity index (χ2n) is 4.67. The van der Waals surface area contributed by atoms with Gasteiger partial charge in [-0.05, 0) is 18.1 Å².